The van der Waals surface area contributed by atoms with Crippen molar-refractivity contribution in [3.05, 3.63) is 0 Å². The number of nitrogens with one attached hydrogen (secondary N) is 1. The van der Waals surface area contributed by atoms with E-state index in [9.17, 15) is 0 Å². The van der Waals surface area contributed by atoms with Crippen LogP contribution >= 0.6 is 0 Å². The van der Waals surface area contributed by atoms with Gasteiger partial charge in [-0.25, -0.2) is 5.84 Å². The molecule has 1 aliphatic heterocycles. The Morgan fingerprint density at radius 2 is 2.27 bits per heavy atom. The average molecular weight is 212 g/mol. The third-order valence-electron chi connectivity index (χ3n) is 2.96. The summed E-state index contributed by atoms with van der Waals surface area (Å²) in [4.78, 5) is 6.78. The Morgan fingerprint density at radius 1 is 1.53 bits per heavy atom. The molecule has 1 aliphatic rings. The third-order valence-corrected chi connectivity index (χ3v) is 2.96. The van der Waals surface area contributed by atoms with E-state index in [1.54, 1.807) is 0 Å². The van der Waals surface area contributed by atoms with Gasteiger partial charge in [0.05, 0.1) is 0 Å². The van der Waals surface area contributed by atoms with E-state index in [0.29, 0.717) is 6.04 Å². The summed E-state index contributed by atoms with van der Waals surface area (Å²) < 4.78 is 0. The maximum absolute atomic E-state index is 5.52. The molecule has 2 unspecified atom stereocenters. The zero-order chi connectivity index (χ0) is 11.3. The van der Waals surface area contributed by atoms with Crippen LogP contribution in [-0.2, 0) is 0 Å². The summed E-state index contributed by atoms with van der Waals surface area (Å²) in [5.41, 5.74) is 2.73. The minimum Gasteiger partial charge on any atom is -0.339 e. The number of rotatable bonds is 3. The number of hydrogen-bond donors (Lipinski definition) is 2. The van der Waals surface area contributed by atoms with E-state index in [-0.39, 0.29) is 0 Å². The molecule has 2 atom stereocenters. The summed E-state index contributed by atoms with van der Waals surface area (Å²) in [6.45, 7) is 8.61. The molecule has 0 aromatic rings. The first-order chi connectivity index (χ1) is 7.19. The molecule has 0 aromatic heterocycles. The number of hydrogen-bond acceptors (Lipinski definition) is 2. The van der Waals surface area contributed by atoms with Crippen molar-refractivity contribution in [2.24, 2.45) is 16.8 Å². The molecule has 1 rings (SSSR count). The van der Waals surface area contributed by atoms with Gasteiger partial charge in [0.2, 0.25) is 5.96 Å². The van der Waals surface area contributed by atoms with Gasteiger partial charge in [-0.2, -0.15) is 0 Å². The van der Waals surface area contributed by atoms with Gasteiger partial charge in [-0.1, -0.05) is 20.3 Å². The molecule has 1 fully saturated rings. The van der Waals surface area contributed by atoms with Gasteiger partial charge < -0.3 is 4.90 Å². The highest BCUT2D eigenvalue weighted by Gasteiger charge is 2.28. The smallest absolute Gasteiger partial charge is 0.208 e. The number of hydrazine groups is 1. The fraction of sp³-hybridized carbons (Fsp3) is 0.909. The molecule has 0 spiro atoms. The normalized spacial score (nSPS) is 27.2. The van der Waals surface area contributed by atoms with Crippen molar-refractivity contribution < 1.29 is 0 Å². The maximum atomic E-state index is 5.52. The SMILES string of the molecule is CCCCN=C(NN)N1CC(C)CC1C. The van der Waals surface area contributed by atoms with Crippen molar-refractivity contribution in [3.63, 3.8) is 0 Å². The Bertz CT molecular complexity index is 215. The molecule has 0 amide bonds. The maximum Gasteiger partial charge on any atom is 0.208 e. The van der Waals surface area contributed by atoms with Crippen LogP contribution in [0.2, 0.25) is 0 Å². The van der Waals surface area contributed by atoms with Gasteiger partial charge in [0.25, 0.3) is 0 Å². The van der Waals surface area contributed by atoms with Crippen LogP contribution in [0.3, 0.4) is 0 Å². The zero-order valence-corrected chi connectivity index (χ0v) is 10.2. The van der Waals surface area contributed by atoms with Gasteiger partial charge in [0.1, 0.15) is 0 Å². The number of guanidine groups is 1. The average Bonchev–Trinajstić information content (AvgIpc) is 2.53. The first-order valence-electron chi connectivity index (χ1n) is 5.96. The fourth-order valence-electron chi connectivity index (χ4n) is 2.16. The first kappa shape index (κ1) is 12.3. The van der Waals surface area contributed by atoms with Crippen molar-refractivity contribution in [1.29, 1.82) is 0 Å². The standard InChI is InChI=1S/C11H24N4/c1-4-5-6-13-11(14-12)15-8-9(2)7-10(15)3/h9-10H,4-8,12H2,1-3H3,(H,13,14). The number of aliphatic imine (C=N–C) groups is 1. The van der Waals surface area contributed by atoms with Crippen molar-refractivity contribution in [2.45, 2.75) is 46.1 Å². The van der Waals surface area contributed by atoms with Crippen LogP contribution in [-0.4, -0.2) is 30.0 Å². The Balaban J connectivity index is 2.53. The highest BCUT2D eigenvalue weighted by atomic mass is 15.4. The van der Waals surface area contributed by atoms with E-state index in [0.717, 1.165) is 31.4 Å². The Hall–Kier alpha value is -0.770. The van der Waals surface area contributed by atoms with Crippen LogP contribution in [0.5, 0.6) is 0 Å². The zero-order valence-electron chi connectivity index (χ0n) is 10.2. The van der Waals surface area contributed by atoms with Gasteiger partial charge >= 0.3 is 0 Å². The second-order valence-corrected chi connectivity index (χ2v) is 4.55. The van der Waals surface area contributed by atoms with Gasteiger partial charge in [-0.15, -0.1) is 0 Å². The first-order valence-corrected chi connectivity index (χ1v) is 5.96. The van der Waals surface area contributed by atoms with Gasteiger partial charge in [-0.05, 0) is 25.7 Å². The van der Waals surface area contributed by atoms with E-state index in [4.69, 9.17) is 5.84 Å². The molecule has 3 N–H and O–H groups in total. The summed E-state index contributed by atoms with van der Waals surface area (Å²) in [5, 5.41) is 0. The number of likely N-dealkylation sites (tertiary alicyclic amines) is 1. The van der Waals surface area contributed by atoms with Gasteiger partial charge in [-0.3, -0.25) is 10.4 Å². The summed E-state index contributed by atoms with van der Waals surface area (Å²) in [5.74, 6) is 7.12. The lowest BCUT2D eigenvalue weighted by molar-refractivity contribution is 0.394. The minimum atomic E-state index is 0.552. The molecule has 1 saturated heterocycles. The van der Waals surface area contributed by atoms with E-state index in [1.807, 2.05) is 0 Å². The van der Waals surface area contributed by atoms with Gasteiger partial charge in [0, 0.05) is 19.1 Å². The monoisotopic (exact) mass is 212 g/mol. The van der Waals surface area contributed by atoms with Crippen LogP contribution < -0.4 is 11.3 Å². The fourth-order valence-corrected chi connectivity index (χ4v) is 2.16. The molecule has 15 heavy (non-hydrogen) atoms. The molecular weight excluding hydrogens is 188 g/mol. The highest BCUT2D eigenvalue weighted by molar-refractivity contribution is 5.80. The number of nitrogens with zero attached hydrogens (tertiary/aromatic N) is 2. The Kier molecular flexibility index (Phi) is 4.88. The van der Waals surface area contributed by atoms with Crippen molar-refractivity contribution in [1.82, 2.24) is 10.3 Å². The second kappa shape index (κ2) is 5.95. The van der Waals surface area contributed by atoms with E-state index in [1.165, 1.54) is 12.8 Å². The van der Waals surface area contributed by atoms with Crippen molar-refractivity contribution >= 4 is 5.96 Å². The molecule has 1 heterocycles. The lowest BCUT2D eigenvalue weighted by Crippen LogP contribution is -2.46. The largest absolute Gasteiger partial charge is 0.339 e. The molecule has 4 heteroatoms. The van der Waals surface area contributed by atoms with Crippen LogP contribution in [0.4, 0.5) is 0 Å². The van der Waals surface area contributed by atoms with Crippen molar-refractivity contribution in [2.75, 3.05) is 13.1 Å². The van der Waals surface area contributed by atoms with E-state index in [2.05, 4.69) is 36.1 Å². The molecular formula is C11H24N4. The molecule has 0 radical (unpaired) electrons. The summed E-state index contributed by atoms with van der Waals surface area (Å²) in [6.07, 6.45) is 3.53. The Labute approximate surface area is 92.9 Å². The third kappa shape index (κ3) is 3.38. The molecule has 0 bridgehead atoms. The van der Waals surface area contributed by atoms with Crippen LogP contribution in [0.25, 0.3) is 0 Å². The Morgan fingerprint density at radius 3 is 2.73 bits per heavy atom. The van der Waals surface area contributed by atoms with Crippen LogP contribution in [0.1, 0.15) is 40.0 Å². The predicted octanol–water partition coefficient (Wildman–Crippen LogP) is 1.34. The van der Waals surface area contributed by atoms with E-state index < -0.39 is 0 Å². The van der Waals surface area contributed by atoms with Crippen LogP contribution in [0.15, 0.2) is 4.99 Å². The van der Waals surface area contributed by atoms with Crippen molar-refractivity contribution in [3.8, 4) is 0 Å². The van der Waals surface area contributed by atoms with Crippen LogP contribution in [0, 0.1) is 5.92 Å². The quantitative estimate of drug-likeness (QED) is 0.244. The summed E-state index contributed by atoms with van der Waals surface area (Å²) in [6, 6.07) is 0.552. The number of nitrogens with two attached hydrogens (primary N) is 1. The molecule has 4 nitrogen and oxygen atoms in total. The molecule has 88 valence electrons. The molecule has 0 aliphatic carbocycles. The second-order valence-electron chi connectivity index (χ2n) is 4.55. The predicted molar refractivity (Wildman–Crippen MR) is 64.5 cm³/mol. The van der Waals surface area contributed by atoms with E-state index >= 15 is 0 Å². The van der Waals surface area contributed by atoms with Gasteiger partial charge in [0.15, 0.2) is 0 Å². The highest BCUT2D eigenvalue weighted by Crippen LogP contribution is 2.21. The molecule has 0 aromatic carbocycles. The topological polar surface area (TPSA) is 53.6 Å². The summed E-state index contributed by atoms with van der Waals surface area (Å²) in [7, 11) is 0. The summed E-state index contributed by atoms with van der Waals surface area (Å²) >= 11 is 0. The lowest BCUT2D eigenvalue weighted by atomic mass is 10.1. The number of unbranched alkanes of at least 4 members (excludes halogenated alkanes) is 1. The molecule has 0 saturated carbocycles. The lowest BCUT2D eigenvalue weighted by Gasteiger charge is -2.24. The minimum absolute atomic E-state index is 0.552.